The number of aliphatic carboxylic acids is 1. The van der Waals surface area contributed by atoms with Crippen molar-refractivity contribution in [2.24, 2.45) is 0 Å². The van der Waals surface area contributed by atoms with Gasteiger partial charge in [0.25, 0.3) is 5.56 Å². The smallest absolute Gasteiger partial charge is 0.325 e. The predicted molar refractivity (Wildman–Crippen MR) is 84.9 cm³/mol. The fraction of sp³-hybridized carbons (Fsp3) is 0.267. The topological polar surface area (TPSA) is 119 Å². The fourth-order valence-corrected chi connectivity index (χ4v) is 2.44. The van der Waals surface area contributed by atoms with E-state index >= 15 is 0 Å². The summed E-state index contributed by atoms with van der Waals surface area (Å²) in [7, 11) is 0. The van der Waals surface area contributed by atoms with Crippen LogP contribution in [0.15, 0.2) is 35.9 Å². The molecule has 0 aliphatic carbocycles. The molecule has 0 aliphatic heterocycles. The van der Waals surface area contributed by atoms with Crippen LogP contribution in [0, 0.1) is 0 Å². The van der Waals surface area contributed by atoms with Gasteiger partial charge >= 0.3 is 5.97 Å². The van der Waals surface area contributed by atoms with Gasteiger partial charge in [0, 0.05) is 29.7 Å². The molecule has 124 valence electrons. The van der Waals surface area contributed by atoms with E-state index in [0.717, 1.165) is 0 Å². The van der Waals surface area contributed by atoms with Crippen LogP contribution in [0.2, 0.25) is 0 Å². The van der Waals surface area contributed by atoms with Gasteiger partial charge < -0.3 is 5.11 Å². The molecule has 0 aliphatic rings. The van der Waals surface area contributed by atoms with E-state index in [2.05, 4.69) is 20.1 Å². The van der Waals surface area contributed by atoms with Crippen LogP contribution in [0.3, 0.4) is 0 Å². The molecule has 24 heavy (non-hydrogen) atoms. The van der Waals surface area contributed by atoms with Gasteiger partial charge in [0.05, 0.1) is 11.9 Å². The van der Waals surface area contributed by atoms with Gasteiger partial charge in [-0.1, -0.05) is 13.8 Å². The minimum Gasteiger partial charge on any atom is -0.480 e. The molecule has 0 radical (unpaired) electrons. The number of carboxylic acids is 1. The summed E-state index contributed by atoms with van der Waals surface area (Å²) in [5.41, 5.74) is 1.35. The average Bonchev–Trinajstić information content (AvgIpc) is 3.16. The summed E-state index contributed by atoms with van der Waals surface area (Å²) >= 11 is 0. The van der Waals surface area contributed by atoms with Crippen LogP contribution in [-0.2, 0) is 11.3 Å². The first-order valence-electron chi connectivity index (χ1n) is 7.33. The number of nitrogens with zero attached hydrogens (tertiary/aromatic N) is 5. The molecule has 9 nitrogen and oxygen atoms in total. The minimum absolute atomic E-state index is 0.0593. The van der Waals surface area contributed by atoms with Gasteiger partial charge in [-0.15, -0.1) is 0 Å². The van der Waals surface area contributed by atoms with Gasteiger partial charge in [0.1, 0.15) is 12.9 Å². The Bertz CT molecular complexity index is 923. The van der Waals surface area contributed by atoms with Crippen molar-refractivity contribution in [1.29, 1.82) is 0 Å². The lowest BCUT2D eigenvalue weighted by atomic mass is 10.0. The van der Waals surface area contributed by atoms with E-state index in [1.54, 1.807) is 23.2 Å². The highest BCUT2D eigenvalue weighted by Gasteiger charge is 2.18. The van der Waals surface area contributed by atoms with Crippen LogP contribution >= 0.6 is 0 Å². The predicted octanol–water partition coefficient (Wildman–Crippen LogP) is 1.03. The molecule has 3 rings (SSSR count). The first-order chi connectivity index (χ1) is 11.5. The molecule has 0 amide bonds. The van der Waals surface area contributed by atoms with Crippen molar-refractivity contribution >= 4 is 5.97 Å². The van der Waals surface area contributed by atoms with Gasteiger partial charge in [0.15, 0.2) is 0 Å². The number of carbonyl (C=O) groups is 1. The maximum absolute atomic E-state index is 12.5. The number of H-pyrrole nitrogens is 1. The van der Waals surface area contributed by atoms with Crippen LogP contribution in [0.25, 0.3) is 17.2 Å². The summed E-state index contributed by atoms with van der Waals surface area (Å²) in [4.78, 5) is 34.5. The molecular weight excluding hydrogens is 312 g/mol. The normalized spacial score (nSPS) is 11.1. The van der Waals surface area contributed by atoms with E-state index in [0.29, 0.717) is 22.8 Å². The van der Waals surface area contributed by atoms with Crippen LogP contribution in [-0.4, -0.2) is 40.4 Å². The van der Waals surface area contributed by atoms with Crippen molar-refractivity contribution in [3.05, 3.63) is 47.0 Å². The van der Waals surface area contributed by atoms with Crippen molar-refractivity contribution in [2.75, 3.05) is 0 Å². The van der Waals surface area contributed by atoms with Gasteiger partial charge in [-0.3, -0.25) is 23.8 Å². The van der Waals surface area contributed by atoms with Crippen molar-refractivity contribution in [2.45, 2.75) is 26.3 Å². The molecular formula is C15H16N6O3. The lowest BCUT2D eigenvalue weighted by Gasteiger charge is -2.11. The van der Waals surface area contributed by atoms with E-state index in [1.165, 1.54) is 17.2 Å². The zero-order valence-electron chi connectivity index (χ0n) is 13.2. The summed E-state index contributed by atoms with van der Waals surface area (Å²) in [6.07, 6.45) is 7.87. The van der Waals surface area contributed by atoms with E-state index in [-0.39, 0.29) is 18.0 Å². The fourth-order valence-electron chi connectivity index (χ4n) is 2.44. The highest BCUT2D eigenvalue weighted by atomic mass is 16.4. The van der Waals surface area contributed by atoms with Crippen LogP contribution in [0.1, 0.15) is 25.3 Å². The lowest BCUT2D eigenvalue weighted by Crippen LogP contribution is -2.20. The third-order valence-corrected chi connectivity index (χ3v) is 3.47. The molecule has 0 spiro atoms. The maximum Gasteiger partial charge on any atom is 0.325 e. The van der Waals surface area contributed by atoms with Crippen LogP contribution in [0.5, 0.6) is 0 Å². The number of aromatic amines is 1. The Balaban J connectivity index is 2.15. The summed E-state index contributed by atoms with van der Waals surface area (Å²) in [5, 5.41) is 12.9. The van der Waals surface area contributed by atoms with Gasteiger partial charge in [-0.2, -0.15) is 5.10 Å². The molecule has 0 unspecified atom stereocenters. The maximum atomic E-state index is 12.5. The standard InChI is InChI=1S/C15H16N6O3/c1-9(2)12-13(10-5-17-21(6-10)7-11(22)23)18-15(19-14(12)24)20-4-3-16-8-20/h3-6,8-9H,7H2,1-2H3,(H,22,23)(H,18,19,24). The van der Waals surface area contributed by atoms with E-state index in [1.807, 2.05) is 13.8 Å². The van der Waals surface area contributed by atoms with Crippen LogP contribution in [0.4, 0.5) is 0 Å². The van der Waals surface area contributed by atoms with E-state index < -0.39 is 5.97 Å². The molecule has 3 aromatic heterocycles. The average molecular weight is 328 g/mol. The number of aromatic nitrogens is 6. The Morgan fingerprint density at radius 1 is 1.42 bits per heavy atom. The summed E-state index contributed by atoms with van der Waals surface area (Å²) < 4.78 is 2.89. The number of hydrogen-bond acceptors (Lipinski definition) is 5. The zero-order valence-corrected chi connectivity index (χ0v) is 13.2. The molecule has 0 aromatic carbocycles. The second kappa shape index (κ2) is 6.11. The SMILES string of the molecule is CC(C)c1c(-c2cnn(CC(=O)O)c2)nc(-n2ccnc2)[nH]c1=O. The highest BCUT2D eigenvalue weighted by Crippen LogP contribution is 2.24. The molecule has 0 bridgehead atoms. The molecule has 3 heterocycles. The zero-order chi connectivity index (χ0) is 17.3. The van der Waals surface area contributed by atoms with Crippen LogP contribution < -0.4 is 5.56 Å². The number of imidazole rings is 1. The highest BCUT2D eigenvalue weighted by molar-refractivity contribution is 5.67. The van der Waals surface area contributed by atoms with Crippen molar-refractivity contribution in [3.8, 4) is 17.2 Å². The second-order valence-corrected chi connectivity index (χ2v) is 5.60. The lowest BCUT2D eigenvalue weighted by molar-refractivity contribution is -0.137. The third-order valence-electron chi connectivity index (χ3n) is 3.47. The number of nitrogens with one attached hydrogen (secondary N) is 1. The Hall–Kier alpha value is -3.23. The number of rotatable bonds is 5. The van der Waals surface area contributed by atoms with Crippen molar-refractivity contribution < 1.29 is 9.90 Å². The van der Waals surface area contributed by atoms with Gasteiger partial charge in [-0.05, 0) is 5.92 Å². The molecule has 0 atom stereocenters. The Morgan fingerprint density at radius 2 is 2.21 bits per heavy atom. The second-order valence-electron chi connectivity index (χ2n) is 5.60. The quantitative estimate of drug-likeness (QED) is 0.722. The van der Waals surface area contributed by atoms with E-state index in [4.69, 9.17) is 5.11 Å². The third kappa shape index (κ3) is 2.96. The van der Waals surface area contributed by atoms with Gasteiger partial charge in [-0.25, -0.2) is 9.97 Å². The Labute approximate surface area is 136 Å². The molecule has 0 saturated heterocycles. The summed E-state index contributed by atoms with van der Waals surface area (Å²) in [6.45, 7) is 3.54. The Kier molecular flexibility index (Phi) is 3.98. The molecule has 2 N–H and O–H groups in total. The molecule has 0 saturated carbocycles. The molecule has 0 fully saturated rings. The molecule has 3 aromatic rings. The first kappa shape index (κ1) is 15.7. The van der Waals surface area contributed by atoms with Gasteiger partial charge in [0.2, 0.25) is 5.95 Å². The first-order valence-corrected chi connectivity index (χ1v) is 7.33. The Morgan fingerprint density at radius 3 is 2.83 bits per heavy atom. The van der Waals surface area contributed by atoms with Crippen molar-refractivity contribution in [3.63, 3.8) is 0 Å². The number of hydrogen-bond donors (Lipinski definition) is 2. The number of carboxylic acid groups (broad SMARTS) is 1. The van der Waals surface area contributed by atoms with E-state index in [9.17, 15) is 9.59 Å². The van der Waals surface area contributed by atoms with Crippen molar-refractivity contribution in [1.82, 2.24) is 29.3 Å². The summed E-state index contributed by atoms with van der Waals surface area (Å²) in [5.74, 6) is -0.717. The minimum atomic E-state index is -0.994. The largest absolute Gasteiger partial charge is 0.480 e. The summed E-state index contributed by atoms with van der Waals surface area (Å²) in [6, 6.07) is 0. The monoisotopic (exact) mass is 328 g/mol. The molecule has 9 heteroatoms.